The third-order valence-electron chi connectivity index (χ3n) is 6.11. The fourth-order valence-corrected chi connectivity index (χ4v) is 4.36. The molecule has 0 atom stereocenters. The molecule has 0 aliphatic carbocycles. The Morgan fingerprint density at radius 2 is 2.00 bits per heavy atom. The number of benzene rings is 1. The van der Waals surface area contributed by atoms with Crippen LogP contribution in [0.1, 0.15) is 29.4 Å². The molecule has 2 aromatic carbocycles. The lowest BCUT2D eigenvalue weighted by molar-refractivity contribution is -0.118. The fourth-order valence-electron chi connectivity index (χ4n) is 4.23. The molecule has 3 N–H and O–H groups in total. The molecule has 0 unspecified atom stereocenters. The lowest BCUT2D eigenvalue weighted by Crippen LogP contribution is -2.34. The van der Waals surface area contributed by atoms with Crippen LogP contribution in [-0.4, -0.2) is 57.8 Å². The first-order valence-electron chi connectivity index (χ1n) is 12.0. The monoisotopic (exact) mass is 512 g/mol. The summed E-state index contributed by atoms with van der Waals surface area (Å²) in [6, 6.07) is 20.9. The van der Waals surface area contributed by atoms with Crippen molar-refractivity contribution in [2.75, 3.05) is 31.5 Å². The Morgan fingerprint density at radius 3 is 2.70 bits per heavy atom. The van der Waals surface area contributed by atoms with Gasteiger partial charge in [0.25, 0.3) is 5.91 Å². The molecular weight excluding hydrogens is 488 g/mol. The van der Waals surface area contributed by atoms with Crippen molar-refractivity contribution in [2.45, 2.75) is 13.3 Å². The first-order valence-corrected chi connectivity index (χ1v) is 12.4. The molecular formula is C28H25ClN6O2. The molecule has 3 heterocycles. The van der Waals surface area contributed by atoms with Gasteiger partial charge in [0, 0.05) is 38.1 Å². The molecule has 0 radical (unpaired) electrons. The largest absolute Gasteiger partial charge is 0.368 e. The summed E-state index contributed by atoms with van der Waals surface area (Å²) in [6.45, 7) is 3.50. The highest BCUT2D eigenvalue weighted by molar-refractivity contribution is 6.30. The minimum atomic E-state index is -0.103. The van der Waals surface area contributed by atoms with Gasteiger partial charge in [-0.05, 0) is 47.9 Å². The average Bonchev–Trinajstić information content (AvgIpc) is 3.36. The Hall–Kier alpha value is -4.35. The van der Waals surface area contributed by atoms with Crippen LogP contribution in [0.2, 0.25) is 5.02 Å². The number of fused-ring (bicyclic) bond motifs is 1. The van der Waals surface area contributed by atoms with E-state index in [9.17, 15) is 9.59 Å². The van der Waals surface area contributed by atoms with Gasteiger partial charge in [-0.25, -0.2) is 9.97 Å². The topological polar surface area (TPSA) is 103 Å². The molecule has 186 valence electrons. The fraction of sp³-hybridized carbons (Fsp3) is 0.214. The van der Waals surface area contributed by atoms with Crippen LogP contribution >= 0.6 is 11.6 Å². The van der Waals surface area contributed by atoms with Crippen molar-refractivity contribution in [3.8, 4) is 11.4 Å². The minimum absolute atomic E-state index is 0.102. The van der Waals surface area contributed by atoms with Crippen molar-refractivity contribution < 1.29 is 9.59 Å². The van der Waals surface area contributed by atoms with E-state index >= 15 is 0 Å². The Morgan fingerprint density at radius 1 is 1.16 bits per heavy atom. The van der Waals surface area contributed by atoms with Crippen molar-refractivity contribution >= 4 is 45.8 Å². The Kier molecular flexibility index (Phi) is 7.06. The zero-order valence-corrected chi connectivity index (χ0v) is 21.0. The third-order valence-corrected chi connectivity index (χ3v) is 6.36. The molecule has 9 heteroatoms. The van der Waals surface area contributed by atoms with Gasteiger partial charge in [0.2, 0.25) is 5.91 Å². The molecule has 8 nitrogen and oxygen atoms in total. The van der Waals surface area contributed by atoms with Gasteiger partial charge in [-0.2, -0.15) is 0 Å². The smallest absolute Gasteiger partial charge is 0.270 e. The van der Waals surface area contributed by atoms with Gasteiger partial charge in [0.1, 0.15) is 17.2 Å². The van der Waals surface area contributed by atoms with E-state index in [-0.39, 0.29) is 11.8 Å². The Bertz CT molecular complexity index is 1460. The molecule has 1 aliphatic rings. The van der Waals surface area contributed by atoms with E-state index in [0.717, 1.165) is 12.0 Å². The zero-order chi connectivity index (χ0) is 25.8. The molecule has 0 saturated carbocycles. The van der Waals surface area contributed by atoms with E-state index in [4.69, 9.17) is 11.6 Å². The molecule has 37 heavy (non-hydrogen) atoms. The van der Waals surface area contributed by atoms with Gasteiger partial charge in [0.15, 0.2) is 5.82 Å². The summed E-state index contributed by atoms with van der Waals surface area (Å²) >= 11 is 6.01. The van der Waals surface area contributed by atoms with Gasteiger partial charge in [0.05, 0.1) is 10.9 Å². The molecule has 0 fully saturated rings. The summed E-state index contributed by atoms with van der Waals surface area (Å²) in [6.07, 6.45) is 2.84. The second-order valence-electron chi connectivity index (χ2n) is 8.70. The van der Waals surface area contributed by atoms with Crippen LogP contribution in [0.4, 0.5) is 5.82 Å². The second-order valence-corrected chi connectivity index (χ2v) is 9.13. The number of carbonyl (C=O) groups is 2. The van der Waals surface area contributed by atoms with Crippen molar-refractivity contribution in [1.82, 2.24) is 25.2 Å². The predicted octanol–water partition coefficient (Wildman–Crippen LogP) is 4.36. The van der Waals surface area contributed by atoms with Crippen LogP contribution in [0, 0.1) is 12.1 Å². The Balaban J connectivity index is 1.40. The normalized spacial score (nSPS) is 13.1. The first kappa shape index (κ1) is 24.3. The van der Waals surface area contributed by atoms with E-state index in [0.29, 0.717) is 65.1 Å². The number of anilines is 1. The third kappa shape index (κ3) is 5.57. The molecule has 0 spiro atoms. The number of aromatic nitrogens is 3. The second kappa shape index (κ2) is 10.7. The minimum Gasteiger partial charge on any atom is -0.368 e. The molecule has 5 rings (SSSR count). The number of amides is 2. The maximum absolute atomic E-state index is 13.4. The summed E-state index contributed by atoms with van der Waals surface area (Å²) < 4.78 is 0. The maximum Gasteiger partial charge on any atom is 0.270 e. The van der Waals surface area contributed by atoms with Crippen molar-refractivity contribution in [1.29, 1.82) is 0 Å². The average molecular weight is 513 g/mol. The number of carbonyl (C=O) groups excluding carboxylic acids is 2. The number of hydrogen-bond acceptors (Lipinski definition) is 5. The van der Waals surface area contributed by atoms with Crippen LogP contribution in [0.3, 0.4) is 0 Å². The summed E-state index contributed by atoms with van der Waals surface area (Å²) in [5.41, 5.74) is 4.00. The van der Waals surface area contributed by atoms with Gasteiger partial charge in [-0.15, -0.1) is 0 Å². The summed E-state index contributed by atoms with van der Waals surface area (Å²) in [5, 5.41) is 7.42. The number of H-pyrrole nitrogens is 1. The van der Waals surface area contributed by atoms with Gasteiger partial charge in [-0.1, -0.05) is 48.0 Å². The molecule has 1 aliphatic heterocycles. The molecule has 2 aromatic heterocycles. The molecule has 0 bridgehead atoms. The SMILES string of the molecule is CC(=O)NCCNc1nc(-c2c#cccc2)nc2[nH]c(C(=O)N3CC=C(c4ccc(Cl)cc4)CC3)cc12. The van der Waals surface area contributed by atoms with E-state index in [1.807, 2.05) is 41.3 Å². The number of hydrogen-bond donors (Lipinski definition) is 3. The van der Waals surface area contributed by atoms with Crippen molar-refractivity contribution in [3.05, 3.63) is 83.0 Å². The number of nitrogens with one attached hydrogen (secondary N) is 3. The Labute approximate surface area is 219 Å². The highest BCUT2D eigenvalue weighted by Gasteiger charge is 2.22. The summed E-state index contributed by atoms with van der Waals surface area (Å²) in [5.74, 6) is 0.825. The highest BCUT2D eigenvalue weighted by atomic mass is 35.5. The number of halogens is 1. The summed E-state index contributed by atoms with van der Waals surface area (Å²) in [7, 11) is 0. The molecule has 4 aromatic rings. The van der Waals surface area contributed by atoms with Gasteiger partial charge < -0.3 is 20.5 Å². The lowest BCUT2D eigenvalue weighted by Gasteiger charge is -2.26. The lowest BCUT2D eigenvalue weighted by atomic mass is 9.99. The van der Waals surface area contributed by atoms with Crippen LogP contribution < -0.4 is 10.6 Å². The molecule has 0 saturated heterocycles. The van der Waals surface area contributed by atoms with E-state index in [1.165, 1.54) is 12.5 Å². The predicted molar refractivity (Wildman–Crippen MR) is 144 cm³/mol. The molecule has 2 amide bonds. The van der Waals surface area contributed by atoms with Crippen LogP contribution in [0.5, 0.6) is 0 Å². The number of aromatic amines is 1. The van der Waals surface area contributed by atoms with Crippen LogP contribution in [0.15, 0.2) is 54.6 Å². The van der Waals surface area contributed by atoms with Gasteiger partial charge >= 0.3 is 0 Å². The zero-order valence-electron chi connectivity index (χ0n) is 20.3. The van der Waals surface area contributed by atoms with Gasteiger partial charge in [-0.3, -0.25) is 9.59 Å². The van der Waals surface area contributed by atoms with Crippen LogP contribution in [-0.2, 0) is 4.79 Å². The van der Waals surface area contributed by atoms with Crippen LogP contribution in [0.25, 0.3) is 28.0 Å². The first-order chi connectivity index (χ1) is 18.0. The van der Waals surface area contributed by atoms with E-state index < -0.39 is 0 Å². The maximum atomic E-state index is 13.4. The quantitative estimate of drug-likeness (QED) is 0.319. The van der Waals surface area contributed by atoms with Crippen molar-refractivity contribution in [2.24, 2.45) is 0 Å². The number of nitrogens with zero attached hydrogens (tertiary/aromatic N) is 3. The van der Waals surface area contributed by atoms with E-state index in [2.05, 4.69) is 43.8 Å². The number of rotatable bonds is 7. The standard InChI is InChI=1S/C28H25ClN6O2/c1-18(36)30-13-14-31-26-23-17-24(32-27(23)34-25(33-26)21-5-3-2-4-6-21)28(37)35-15-11-20(12-16-35)19-7-9-22(29)10-8-19/h2-3,5,7-11,17H,12-16H2,1H3,(H,30,36)(H2,31,32,33,34). The summed E-state index contributed by atoms with van der Waals surface area (Å²) in [4.78, 5) is 38.9. The van der Waals surface area contributed by atoms with Crippen molar-refractivity contribution in [3.63, 3.8) is 0 Å². The highest BCUT2D eigenvalue weighted by Crippen LogP contribution is 2.27. The van der Waals surface area contributed by atoms with E-state index in [1.54, 1.807) is 12.1 Å².